The zero-order chi connectivity index (χ0) is 21.7. The summed E-state index contributed by atoms with van der Waals surface area (Å²) in [5, 5.41) is 2.06. The van der Waals surface area contributed by atoms with Crippen molar-refractivity contribution in [2.45, 2.75) is 26.7 Å². The van der Waals surface area contributed by atoms with Crippen LogP contribution in [0.2, 0.25) is 0 Å². The van der Waals surface area contributed by atoms with Gasteiger partial charge >= 0.3 is 0 Å². The van der Waals surface area contributed by atoms with Crippen molar-refractivity contribution < 1.29 is 13.4 Å². The van der Waals surface area contributed by atoms with Crippen molar-refractivity contribution in [1.82, 2.24) is 4.98 Å². The summed E-state index contributed by atoms with van der Waals surface area (Å²) in [6.45, 7) is 6.35. The number of nitrogens with zero attached hydrogens (tertiary/aromatic N) is 2. The molecule has 3 heterocycles. The van der Waals surface area contributed by atoms with E-state index in [2.05, 4.69) is 55.7 Å². The highest BCUT2D eigenvalue weighted by Crippen LogP contribution is 2.39. The maximum atomic E-state index is 13.6. The van der Waals surface area contributed by atoms with Crippen LogP contribution in [0.15, 0.2) is 71.3 Å². The second-order valence-corrected chi connectivity index (χ2v) is 8.37. The summed E-state index contributed by atoms with van der Waals surface area (Å²) in [5.41, 5.74) is 7.66. The first-order chi connectivity index (χ1) is 14.9. The van der Waals surface area contributed by atoms with E-state index in [1.807, 2.05) is 31.4 Å². The SMILES string of the molecule is Cc1ccc2c(oc3nc(C(C)C)ccc32)c1-c1c(-c2ccc(F)cc2)ccc[n+]1C. The van der Waals surface area contributed by atoms with E-state index in [0.717, 1.165) is 50.0 Å². The Kier molecular flexibility index (Phi) is 4.58. The van der Waals surface area contributed by atoms with E-state index in [-0.39, 0.29) is 5.82 Å². The Hall–Kier alpha value is -3.53. The lowest BCUT2D eigenvalue weighted by Gasteiger charge is -2.10. The lowest BCUT2D eigenvalue weighted by atomic mass is 9.94. The molecule has 0 saturated carbocycles. The fourth-order valence-corrected chi connectivity index (χ4v) is 4.23. The number of benzene rings is 2. The van der Waals surface area contributed by atoms with E-state index in [1.54, 1.807) is 0 Å². The molecule has 5 rings (SSSR count). The average Bonchev–Trinajstić information content (AvgIpc) is 3.12. The molecule has 3 nitrogen and oxygen atoms in total. The van der Waals surface area contributed by atoms with Crippen molar-refractivity contribution in [2.24, 2.45) is 7.05 Å². The molecular formula is C27H24FN2O+. The Morgan fingerprint density at radius 3 is 2.42 bits per heavy atom. The van der Waals surface area contributed by atoms with Gasteiger partial charge in [0.15, 0.2) is 11.8 Å². The highest BCUT2D eigenvalue weighted by Gasteiger charge is 2.25. The van der Waals surface area contributed by atoms with Crippen molar-refractivity contribution in [3.8, 4) is 22.4 Å². The number of pyridine rings is 2. The predicted molar refractivity (Wildman–Crippen MR) is 122 cm³/mol. The lowest BCUT2D eigenvalue weighted by molar-refractivity contribution is -0.659. The summed E-state index contributed by atoms with van der Waals surface area (Å²) in [6, 6.07) is 19.1. The Balaban J connectivity index is 1.84. The van der Waals surface area contributed by atoms with E-state index in [1.165, 1.54) is 12.1 Å². The van der Waals surface area contributed by atoms with Gasteiger partial charge < -0.3 is 4.42 Å². The van der Waals surface area contributed by atoms with Crippen molar-refractivity contribution >= 4 is 22.1 Å². The fourth-order valence-electron chi connectivity index (χ4n) is 4.23. The smallest absolute Gasteiger partial charge is 0.227 e. The van der Waals surface area contributed by atoms with Crippen molar-refractivity contribution in [1.29, 1.82) is 0 Å². The first kappa shape index (κ1) is 19.4. The fraction of sp³-hybridized carbons (Fsp3) is 0.185. The third-order valence-corrected chi connectivity index (χ3v) is 5.90. The van der Waals surface area contributed by atoms with Gasteiger partial charge in [0.05, 0.1) is 11.1 Å². The second kappa shape index (κ2) is 7.31. The van der Waals surface area contributed by atoms with E-state index in [4.69, 9.17) is 9.40 Å². The zero-order valence-electron chi connectivity index (χ0n) is 18.1. The van der Waals surface area contributed by atoms with E-state index in [0.29, 0.717) is 11.6 Å². The molecule has 3 aromatic heterocycles. The maximum absolute atomic E-state index is 13.6. The van der Waals surface area contributed by atoms with Crippen LogP contribution in [0.4, 0.5) is 4.39 Å². The summed E-state index contributed by atoms with van der Waals surface area (Å²) in [7, 11) is 2.03. The summed E-state index contributed by atoms with van der Waals surface area (Å²) in [5.74, 6) is 0.0871. The van der Waals surface area contributed by atoms with Gasteiger partial charge in [-0.15, -0.1) is 0 Å². The van der Waals surface area contributed by atoms with E-state index in [9.17, 15) is 4.39 Å². The summed E-state index contributed by atoms with van der Waals surface area (Å²) < 4.78 is 22.0. The number of aromatic nitrogens is 2. The summed E-state index contributed by atoms with van der Waals surface area (Å²) in [4.78, 5) is 4.77. The first-order valence-corrected chi connectivity index (χ1v) is 10.5. The molecule has 5 aromatic rings. The average molecular weight is 412 g/mol. The van der Waals surface area contributed by atoms with Crippen LogP contribution < -0.4 is 4.57 Å². The standard InChI is InChI=1S/C27H24FN2O/c1-16(2)23-14-13-22-21-12-7-17(3)24(26(21)31-27(22)29-23)25-20(6-5-15-30(25)4)18-8-10-19(28)11-9-18/h5-16H,1-4H3/q+1. The molecule has 0 bridgehead atoms. The van der Waals surface area contributed by atoms with Gasteiger partial charge in [-0.25, -0.2) is 13.9 Å². The van der Waals surface area contributed by atoms with Crippen LogP contribution in [-0.4, -0.2) is 4.98 Å². The minimum absolute atomic E-state index is 0.242. The zero-order valence-corrected chi connectivity index (χ0v) is 18.1. The van der Waals surface area contributed by atoms with Crippen LogP contribution >= 0.6 is 0 Å². The van der Waals surface area contributed by atoms with Gasteiger partial charge in [0.25, 0.3) is 0 Å². The third kappa shape index (κ3) is 3.19. The molecule has 0 aliphatic rings. The number of aryl methyl sites for hydroxylation is 2. The van der Waals surface area contributed by atoms with Gasteiger partial charge in [-0.3, -0.25) is 0 Å². The molecule has 0 amide bonds. The predicted octanol–water partition coefficient (Wildman–Crippen LogP) is 6.71. The minimum atomic E-state index is -0.242. The lowest BCUT2D eigenvalue weighted by Crippen LogP contribution is -2.31. The summed E-state index contributed by atoms with van der Waals surface area (Å²) >= 11 is 0. The highest BCUT2D eigenvalue weighted by atomic mass is 19.1. The van der Waals surface area contributed by atoms with Crippen molar-refractivity contribution in [3.63, 3.8) is 0 Å². The van der Waals surface area contributed by atoms with Crippen LogP contribution in [0, 0.1) is 12.7 Å². The molecule has 0 fully saturated rings. The van der Waals surface area contributed by atoms with Gasteiger partial charge in [-0.05, 0) is 54.3 Å². The molecular weight excluding hydrogens is 387 g/mol. The van der Waals surface area contributed by atoms with Gasteiger partial charge in [0.2, 0.25) is 11.4 Å². The number of fused-ring (bicyclic) bond motifs is 3. The van der Waals surface area contributed by atoms with Crippen LogP contribution in [0.5, 0.6) is 0 Å². The monoisotopic (exact) mass is 411 g/mol. The molecule has 154 valence electrons. The van der Waals surface area contributed by atoms with Gasteiger partial charge in [-0.1, -0.05) is 38.1 Å². The van der Waals surface area contributed by atoms with E-state index >= 15 is 0 Å². The largest absolute Gasteiger partial charge is 0.437 e. The Labute approximate surface area is 180 Å². The van der Waals surface area contributed by atoms with Crippen LogP contribution in [-0.2, 0) is 7.05 Å². The van der Waals surface area contributed by atoms with Crippen LogP contribution in [0.25, 0.3) is 44.5 Å². The topological polar surface area (TPSA) is 29.9 Å². The molecule has 0 aliphatic carbocycles. The van der Waals surface area contributed by atoms with Crippen molar-refractivity contribution in [2.75, 3.05) is 0 Å². The number of halogens is 1. The maximum Gasteiger partial charge on any atom is 0.227 e. The highest BCUT2D eigenvalue weighted by molar-refractivity contribution is 6.09. The van der Waals surface area contributed by atoms with E-state index < -0.39 is 0 Å². The molecule has 4 heteroatoms. The van der Waals surface area contributed by atoms with Crippen LogP contribution in [0.1, 0.15) is 31.0 Å². The Bertz CT molecular complexity index is 1430. The number of hydrogen-bond donors (Lipinski definition) is 0. The van der Waals surface area contributed by atoms with Gasteiger partial charge in [0.1, 0.15) is 12.9 Å². The Morgan fingerprint density at radius 2 is 1.68 bits per heavy atom. The Morgan fingerprint density at radius 1 is 0.935 bits per heavy atom. The molecule has 0 unspecified atom stereocenters. The van der Waals surface area contributed by atoms with Crippen LogP contribution in [0.3, 0.4) is 0 Å². The molecule has 2 aromatic carbocycles. The molecule has 0 aliphatic heterocycles. The molecule has 0 radical (unpaired) electrons. The molecule has 0 N–H and O–H groups in total. The number of rotatable bonds is 3. The normalized spacial score (nSPS) is 11.7. The van der Waals surface area contributed by atoms with Crippen molar-refractivity contribution in [3.05, 3.63) is 83.9 Å². The molecule has 0 saturated heterocycles. The minimum Gasteiger partial charge on any atom is -0.437 e. The van der Waals surface area contributed by atoms with Gasteiger partial charge in [0, 0.05) is 22.5 Å². The molecule has 0 spiro atoms. The third-order valence-electron chi connectivity index (χ3n) is 5.90. The first-order valence-electron chi connectivity index (χ1n) is 10.5. The second-order valence-electron chi connectivity index (χ2n) is 8.37. The quantitative estimate of drug-likeness (QED) is 0.309. The van der Waals surface area contributed by atoms with Gasteiger partial charge in [-0.2, -0.15) is 0 Å². The summed E-state index contributed by atoms with van der Waals surface area (Å²) in [6.07, 6.45) is 2.03. The molecule has 31 heavy (non-hydrogen) atoms. The number of hydrogen-bond acceptors (Lipinski definition) is 2. The molecule has 0 atom stereocenters. The number of furan rings is 1.